The maximum Gasteiger partial charge on any atom is 1.00 e. The van der Waals surface area contributed by atoms with Gasteiger partial charge in [-0.1, -0.05) is 12.1 Å². The molecule has 1 amide bonds. The van der Waals surface area contributed by atoms with Crippen molar-refractivity contribution in [1.29, 1.82) is 0 Å². The third kappa shape index (κ3) is 4.15. The minimum atomic E-state index is -1.31. The van der Waals surface area contributed by atoms with Gasteiger partial charge in [0.2, 0.25) is 0 Å². The first-order valence-corrected chi connectivity index (χ1v) is 10.3. The number of nitrogens with zero attached hydrogens (tertiary/aromatic N) is 3. The summed E-state index contributed by atoms with van der Waals surface area (Å²) in [7, 11) is 1.55. The van der Waals surface area contributed by atoms with E-state index in [1.807, 2.05) is 37.3 Å². The summed E-state index contributed by atoms with van der Waals surface area (Å²) in [6.45, 7) is 3.04. The molecule has 2 aromatic carbocycles. The van der Waals surface area contributed by atoms with Crippen molar-refractivity contribution in [2.75, 3.05) is 13.2 Å². The van der Waals surface area contributed by atoms with Gasteiger partial charge < -0.3 is 29.1 Å². The van der Waals surface area contributed by atoms with Gasteiger partial charge in [0.1, 0.15) is 23.9 Å². The molecule has 0 saturated carbocycles. The molecule has 1 N–H and O–H groups in total. The number of aromatic nitrogens is 3. The van der Waals surface area contributed by atoms with Gasteiger partial charge in [0, 0.05) is 19.2 Å². The van der Waals surface area contributed by atoms with E-state index in [0.29, 0.717) is 25.4 Å². The number of aromatic carboxylic acids is 1. The van der Waals surface area contributed by atoms with Crippen molar-refractivity contribution in [3.05, 3.63) is 71.3 Å². The predicted molar refractivity (Wildman–Crippen MR) is 116 cm³/mol. The zero-order valence-corrected chi connectivity index (χ0v) is 18.7. The third-order valence-corrected chi connectivity index (χ3v) is 5.81. The fourth-order valence-electron chi connectivity index (χ4n) is 4.16. The van der Waals surface area contributed by atoms with Crippen molar-refractivity contribution in [2.24, 2.45) is 7.05 Å². The van der Waals surface area contributed by atoms with Gasteiger partial charge in [0.25, 0.3) is 5.91 Å². The van der Waals surface area contributed by atoms with Gasteiger partial charge in [-0.15, -0.1) is 0 Å². The van der Waals surface area contributed by atoms with Crippen molar-refractivity contribution in [2.45, 2.75) is 13.5 Å². The second kappa shape index (κ2) is 8.81. The van der Waals surface area contributed by atoms with E-state index in [4.69, 9.17) is 4.74 Å². The topological polar surface area (TPSA) is 103 Å². The number of amides is 1. The smallest absolute Gasteiger partial charge is 0.543 e. The number of ether oxygens (including phenoxy) is 1. The van der Waals surface area contributed by atoms with Crippen LogP contribution in [0.4, 0.5) is 0 Å². The van der Waals surface area contributed by atoms with Gasteiger partial charge in [-0.2, -0.15) is 0 Å². The summed E-state index contributed by atoms with van der Waals surface area (Å²) >= 11 is 0. The molecule has 162 valence electrons. The molecule has 33 heavy (non-hydrogen) atoms. The maximum absolute atomic E-state index is 13.1. The number of carbonyl (C=O) groups is 2. The Bertz CT molecular complexity index is 1370. The van der Waals surface area contributed by atoms with Crippen molar-refractivity contribution in [3.8, 4) is 16.9 Å². The van der Waals surface area contributed by atoms with Crippen LogP contribution in [-0.4, -0.2) is 44.5 Å². The molecule has 0 radical (unpaired) electrons. The van der Waals surface area contributed by atoms with Crippen molar-refractivity contribution in [3.63, 3.8) is 0 Å². The Morgan fingerprint density at radius 1 is 1.06 bits per heavy atom. The van der Waals surface area contributed by atoms with Gasteiger partial charge in [-0.3, -0.25) is 4.79 Å². The molecular weight excluding hydrogens is 415 g/mol. The van der Waals surface area contributed by atoms with Crippen LogP contribution in [0.5, 0.6) is 5.75 Å². The Hall–Kier alpha value is -3.47. The fraction of sp³-hybridized carbons (Fsp3) is 0.208. The third-order valence-electron chi connectivity index (χ3n) is 5.81. The second-order valence-electron chi connectivity index (χ2n) is 7.90. The number of aromatic amines is 1. The zero-order chi connectivity index (χ0) is 22.4. The predicted octanol–water partition coefficient (Wildman–Crippen LogP) is -0.721. The zero-order valence-electron chi connectivity index (χ0n) is 18.7. The number of fused-ring (bicyclic) bond motifs is 2. The SMILES string of the molecule is Cc1nc2ccc(-c3ccc4c(c3)CN(C(=O)c3ccc(C(=O)[O-])n3C)CCO4)cc2[nH]1.[Li+]. The van der Waals surface area contributed by atoms with Crippen LogP contribution in [0, 0.1) is 6.92 Å². The van der Waals surface area contributed by atoms with Crippen LogP contribution in [0.2, 0.25) is 0 Å². The van der Waals surface area contributed by atoms with Crippen LogP contribution in [0.3, 0.4) is 0 Å². The Labute approximate surface area is 202 Å². The molecule has 5 rings (SSSR count). The van der Waals surface area contributed by atoms with Crippen LogP contribution >= 0.6 is 0 Å². The van der Waals surface area contributed by atoms with E-state index in [1.54, 1.807) is 11.9 Å². The van der Waals surface area contributed by atoms with Crippen LogP contribution in [0.25, 0.3) is 22.2 Å². The van der Waals surface area contributed by atoms with Crippen LogP contribution < -0.4 is 28.7 Å². The van der Waals surface area contributed by atoms with Gasteiger partial charge >= 0.3 is 18.9 Å². The molecule has 1 aliphatic rings. The summed E-state index contributed by atoms with van der Waals surface area (Å²) in [5.41, 5.74) is 5.08. The number of nitrogens with one attached hydrogen (secondary N) is 1. The Balaban J connectivity index is 0.00000259. The molecule has 0 aliphatic carbocycles. The van der Waals surface area contributed by atoms with E-state index >= 15 is 0 Å². The summed E-state index contributed by atoms with van der Waals surface area (Å²) in [5.74, 6) is 0.0374. The fourth-order valence-corrected chi connectivity index (χ4v) is 4.16. The van der Waals surface area contributed by atoms with Crippen LogP contribution in [-0.2, 0) is 13.6 Å². The first-order chi connectivity index (χ1) is 15.4. The van der Waals surface area contributed by atoms with Gasteiger partial charge in [-0.05, 0) is 54.4 Å². The van der Waals surface area contributed by atoms with Crippen LogP contribution in [0.15, 0.2) is 48.5 Å². The minimum Gasteiger partial charge on any atom is -0.543 e. The average Bonchev–Trinajstić information content (AvgIpc) is 3.26. The summed E-state index contributed by atoms with van der Waals surface area (Å²) in [6.07, 6.45) is 0. The number of hydrogen-bond donors (Lipinski definition) is 1. The normalized spacial score (nSPS) is 13.1. The van der Waals surface area contributed by atoms with E-state index in [1.165, 1.54) is 16.7 Å². The average molecular weight is 436 g/mol. The first-order valence-electron chi connectivity index (χ1n) is 10.3. The molecule has 0 unspecified atom stereocenters. The number of carboxylic acid groups (broad SMARTS) is 1. The van der Waals surface area contributed by atoms with Crippen molar-refractivity contribution in [1.82, 2.24) is 19.4 Å². The number of aryl methyl sites for hydroxylation is 1. The number of benzene rings is 2. The molecule has 4 aromatic rings. The standard InChI is InChI=1S/C24H22N4O4.Li/c1-14-25-18-5-3-16(12-19(18)26-14)15-4-8-22-17(11-15)13-28(9-10-32-22)23(29)20-6-7-21(24(30)31)27(20)2;/h3-8,11-12H,9-10,13H2,1-2H3,(H,25,26)(H,30,31);/q;+1/p-1. The minimum absolute atomic E-state index is 0. The Kier molecular flexibility index (Phi) is 6.07. The van der Waals surface area contributed by atoms with E-state index < -0.39 is 5.97 Å². The van der Waals surface area contributed by atoms with Crippen molar-refractivity contribution >= 4 is 22.9 Å². The summed E-state index contributed by atoms with van der Waals surface area (Å²) in [6, 6.07) is 14.9. The number of imidazole rings is 1. The largest absolute Gasteiger partial charge is 1.00 e. The van der Waals surface area contributed by atoms with Crippen LogP contribution in [0.1, 0.15) is 32.4 Å². The molecule has 0 spiro atoms. The monoisotopic (exact) mass is 436 g/mol. The first kappa shape index (κ1) is 22.7. The quantitative estimate of drug-likeness (QED) is 0.427. The van der Waals surface area contributed by atoms with Gasteiger partial charge in [0.05, 0.1) is 29.2 Å². The van der Waals surface area contributed by atoms with E-state index in [2.05, 4.69) is 16.0 Å². The maximum atomic E-state index is 13.1. The molecule has 0 fully saturated rings. The van der Waals surface area contributed by atoms with E-state index in [9.17, 15) is 14.7 Å². The van der Waals surface area contributed by atoms with E-state index in [-0.39, 0.29) is 30.5 Å². The molecule has 3 heterocycles. The Morgan fingerprint density at radius 2 is 1.79 bits per heavy atom. The van der Waals surface area contributed by atoms with E-state index in [0.717, 1.165) is 39.3 Å². The molecule has 0 atom stereocenters. The molecule has 0 bridgehead atoms. The Morgan fingerprint density at radius 3 is 2.55 bits per heavy atom. The summed E-state index contributed by atoms with van der Waals surface area (Å²) in [4.78, 5) is 33.7. The summed E-state index contributed by atoms with van der Waals surface area (Å²) < 4.78 is 7.23. The number of carboxylic acids is 1. The van der Waals surface area contributed by atoms with Gasteiger partial charge in [0.15, 0.2) is 0 Å². The molecule has 0 saturated heterocycles. The number of H-pyrrole nitrogens is 1. The number of hydrogen-bond acceptors (Lipinski definition) is 5. The second-order valence-corrected chi connectivity index (χ2v) is 7.90. The summed E-state index contributed by atoms with van der Waals surface area (Å²) in [5, 5.41) is 11.2. The molecular formula is C24H21LiN4O4. The molecule has 1 aliphatic heterocycles. The molecule has 2 aromatic heterocycles. The van der Waals surface area contributed by atoms with Crippen molar-refractivity contribution < 1.29 is 38.3 Å². The van der Waals surface area contributed by atoms with Gasteiger partial charge in [-0.25, -0.2) is 4.98 Å². The number of carbonyl (C=O) groups excluding carboxylic acids is 2. The molecule has 8 nitrogen and oxygen atoms in total. The number of rotatable bonds is 3. The molecule has 9 heteroatoms.